The van der Waals surface area contributed by atoms with Gasteiger partial charge in [-0.05, 0) is 31.0 Å². The Labute approximate surface area is 142 Å². The number of aliphatic carboxylic acids is 1. The fourth-order valence-electron chi connectivity index (χ4n) is 3.04. The van der Waals surface area contributed by atoms with Gasteiger partial charge >= 0.3 is 5.97 Å². The smallest absolute Gasteiger partial charge is 0.306 e. The van der Waals surface area contributed by atoms with Crippen LogP contribution >= 0.6 is 11.6 Å². The van der Waals surface area contributed by atoms with Crippen molar-refractivity contribution in [1.82, 2.24) is 5.32 Å². The predicted octanol–water partition coefficient (Wildman–Crippen LogP) is 1.81. The summed E-state index contributed by atoms with van der Waals surface area (Å²) in [6, 6.07) is 3.92. The SMILES string of the molecule is O=C(O)C1CC(NC(=O)C2CC(=O)N(c3ccc(Cl)c(F)c3)C2)C1. The van der Waals surface area contributed by atoms with Crippen molar-refractivity contribution in [2.45, 2.75) is 25.3 Å². The number of carbonyl (C=O) groups excluding carboxylic acids is 2. The minimum atomic E-state index is -0.854. The number of hydrogen-bond acceptors (Lipinski definition) is 3. The van der Waals surface area contributed by atoms with Crippen LogP contribution in [-0.2, 0) is 14.4 Å². The van der Waals surface area contributed by atoms with Crippen LogP contribution in [0.2, 0.25) is 5.02 Å². The molecule has 1 saturated carbocycles. The van der Waals surface area contributed by atoms with Crippen LogP contribution in [0.4, 0.5) is 10.1 Å². The summed E-state index contributed by atoms with van der Waals surface area (Å²) in [6.45, 7) is 0.167. The van der Waals surface area contributed by atoms with E-state index in [-0.39, 0.29) is 35.8 Å². The van der Waals surface area contributed by atoms with Gasteiger partial charge in [-0.25, -0.2) is 4.39 Å². The second-order valence-electron chi connectivity index (χ2n) is 6.22. The van der Waals surface area contributed by atoms with Gasteiger partial charge in [-0.3, -0.25) is 14.4 Å². The summed E-state index contributed by atoms with van der Waals surface area (Å²) in [7, 11) is 0. The number of benzene rings is 1. The zero-order valence-electron chi connectivity index (χ0n) is 12.7. The van der Waals surface area contributed by atoms with E-state index in [1.54, 1.807) is 0 Å². The van der Waals surface area contributed by atoms with E-state index in [1.807, 2.05) is 0 Å². The Morgan fingerprint density at radius 2 is 2.00 bits per heavy atom. The van der Waals surface area contributed by atoms with Gasteiger partial charge in [0.15, 0.2) is 0 Å². The van der Waals surface area contributed by atoms with E-state index in [1.165, 1.54) is 23.1 Å². The molecule has 1 aromatic rings. The van der Waals surface area contributed by atoms with Crippen LogP contribution in [0.5, 0.6) is 0 Å². The largest absolute Gasteiger partial charge is 0.481 e. The number of halogens is 2. The number of rotatable bonds is 4. The number of nitrogens with one attached hydrogen (secondary N) is 1. The van der Waals surface area contributed by atoms with Crippen LogP contribution in [0.25, 0.3) is 0 Å². The molecule has 1 aromatic carbocycles. The van der Waals surface area contributed by atoms with Gasteiger partial charge in [0.2, 0.25) is 11.8 Å². The summed E-state index contributed by atoms with van der Waals surface area (Å²) in [5.41, 5.74) is 0.367. The molecule has 0 spiro atoms. The van der Waals surface area contributed by atoms with Crippen molar-refractivity contribution >= 4 is 35.1 Å². The lowest BCUT2D eigenvalue weighted by Crippen LogP contribution is -2.48. The first kappa shape index (κ1) is 16.7. The molecular weight excluding hydrogens is 339 g/mol. The molecule has 1 heterocycles. The van der Waals surface area contributed by atoms with Gasteiger partial charge in [0, 0.05) is 24.7 Å². The Morgan fingerprint density at radius 1 is 1.29 bits per heavy atom. The molecule has 3 rings (SSSR count). The summed E-state index contributed by atoms with van der Waals surface area (Å²) in [6.07, 6.45) is 0.868. The minimum Gasteiger partial charge on any atom is -0.481 e. The number of carboxylic acids is 1. The van der Waals surface area contributed by atoms with Gasteiger partial charge in [0.25, 0.3) is 0 Å². The standard InChI is InChI=1S/C16H16ClFN2O4/c17-12-2-1-11(6-13(12)18)20-7-9(5-14(20)21)15(22)19-10-3-8(4-10)16(23)24/h1-2,6,8-10H,3-5,7H2,(H,19,22)(H,23,24). The van der Waals surface area contributed by atoms with Gasteiger partial charge in [-0.15, -0.1) is 0 Å². The van der Waals surface area contributed by atoms with Gasteiger partial charge in [0.1, 0.15) is 5.82 Å². The van der Waals surface area contributed by atoms with Crippen molar-refractivity contribution in [1.29, 1.82) is 0 Å². The maximum Gasteiger partial charge on any atom is 0.306 e. The van der Waals surface area contributed by atoms with E-state index in [4.69, 9.17) is 16.7 Å². The fraction of sp³-hybridized carbons (Fsp3) is 0.438. The lowest BCUT2D eigenvalue weighted by molar-refractivity contribution is -0.146. The maximum absolute atomic E-state index is 13.5. The minimum absolute atomic E-state index is 0.0299. The van der Waals surface area contributed by atoms with E-state index in [9.17, 15) is 18.8 Å². The molecule has 2 amide bonds. The Kier molecular flexibility index (Phi) is 4.45. The average Bonchev–Trinajstić information content (AvgIpc) is 2.87. The highest BCUT2D eigenvalue weighted by Gasteiger charge is 2.39. The van der Waals surface area contributed by atoms with Crippen LogP contribution in [0.15, 0.2) is 18.2 Å². The number of anilines is 1. The molecule has 24 heavy (non-hydrogen) atoms. The molecule has 1 unspecified atom stereocenters. The summed E-state index contributed by atoms with van der Waals surface area (Å²) in [4.78, 5) is 36.5. The third kappa shape index (κ3) is 3.21. The summed E-state index contributed by atoms with van der Waals surface area (Å²) in [5, 5.41) is 11.6. The van der Waals surface area contributed by atoms with E-state index in [2.05, 4.69) is 5.32 Å². The van der Waals surface area contributed by atoms with Gasteiger partial charge in [0.05, 0.1) is 16.9 Å². The molecule has 0 bridgehead atoms. The first-order chi connectivity index (χ1) is 11.3. The van der Waals surface area contributed by atoms with E-state index in [0.717, 1.165) is 0 Å². The molecule has 1 aliphatic heterocycles. The molecule has 0 radical (unpaired) electrons. The van der Waals surface area contributed by atoms with Crippen LogP contribution in [0.3, 0.4) is 0 Å². The first-order valence-electron chi connectivity index (χ1n) is 7.63. The number of carboxylic acid groups (broad SMARTS) is 1. The Balaban J connectivity index is 1.59. The molecule has 1 aliphatic carbocycles. The monoisotopic (exact) mass is 354 g/mol. The highest BCUT2D eigenvalue weighted by atomic mass is 35.5. The van der Waals surface area contributed by atoms with Crippen LogP contribution in [0.1, 0.15) is 19.3 Å². The summed E-state index contributed by atoms with van der Waals surface area (Å²) in [5.74, 6) is -2.94. The predicted molar refractivity (Wildman–Crippen MR) is 84.2 cm³/mol. The zero-order chi connectivity index (χ0) is 17.4. The molecule has 1 atom stereocenters. The maximum atomic E-state index is 13.5. The topological polar surface area (TPSA) is 86.7 Å². The second kappa shape index (κ2) is 6.39. The van der Waals surface area contributed by atoms with Crippen LogP contribution in [0, 0.1) is 17.7 Å². The molecule has 2 aliphatic rings. The molecule has 2 N–H and O–H groups in total. The molecule has 6 nitrogen and oxygen atoms in total. The molecule has 2 fully saturated rings. The zero-order valence-corrected chi connectivity index (χ0v) is 13.4. The van der Waals surface area contributed by atoms with Crippen molar-refractivity contribution in [3.63, 3.8) is 0 Å². The van der Waals surface area contributed by atoms with E-state index in [0.29, 0.717) is 18.5 Å². The number of carbonyl (C=O) groups is 3. The quantitative estimate of drug-likeness (QED) is 0.863. The van der Waals surface area contributed by atoms with E-state index >= 15 is 0 Å². The number of nitrogens with zero attached hydrogens (tertiary/aromatic N) is 1. The Morgan fingerprint density at radius 3 is 2.62 bits per heavy atom. The first-order valence-corrected chi connectivity index (χ1v) is 8.01. The van der Waals surface area contributed by atoms with Crippen LogP contribution < -0.4 is 10.2 Å². The molecule has 128 valence electrons. The number of amides is 2. The average molecular weight is 355 g/mol. The second-order valence-corrected chi connectivity index (χ2v) is 6.62. The lowest BCUT2D eigenvalue weighted by Gasteiger charge is -2.33. The van der Waals surface area contributed by atoms with Crippen molar-refractivity contribution in [3.05, 3.63) is 29.0 Å². The highest BCUT2D eigenvalue weighted by molar-refractivity contribution is 6.30. The summed E-state index contributed by atoms with van der Waals surface area (Å²) >= 11 is 5.63. The Bertz CT molecular complexity index is 705. The molecule has 8 heteroatoms. The lowest BCUT2D eigenvalue weighted by atomic mass is 9.80. The number of hydrogen-bond donors (Lipinski definition) is 2. The summed E-state index contributed by atoms with van der Waals surface area (Å²) < 4.78 is 13.5. The molecule has 0 aromatic heterocycles. The van der Waals surface area contributed by atoms with Crippen molar-refractivity contribution in [3.8, 4) is 0 Å². The normalized spacial score (nSPS) is 26.2. The Hall–Kier alpha value is -2.15. The van der Waals surface area contributed by atoms with E-state index < -0.39 is 23.6 Å². The third-order valence-corrected chi connectivity index (χ3v) is 4.85. The van der Waals surface area contributed by atoms with Crippen LogP contribution in [-0.4, -0.2) is 35.5 Å². The fourth-order valence-corrected chi connectivity index (χ4v) is 3.16. The van der Waals surface area contributed by atoms with Crippen molar-refractivity contribution < 1.29 is 23.9 Å². The van der Waals surface area contributed by atoms with Gasteiger partial charge < -0.3 is 15.3 Å². The van der Waals surface area contributed by atoms with Gasteiger partial charge in [-0.2, -0.15) is 0 Å². The third-order valence-electron chi connectivity index (χ3n) is 4.54. The van der Waals surface area contributed by atoms with Gasteiger partial charge in [-0.1, -0.05) is 11.6 Å². The molecule has 1 saturated heterocycles. The van der Waals surface area contributed by atoms with Crippen molar-refractivity contribution in [2.24, 2.45) is 11.8 Å². The highest BCUT2D eigenvalue weighted by Crippen LogP contribution is 2.30. The van der Waals surface area contributed by atoms with Crippen molar-refractivity contribution in [2.75, 3.05) is 11.4 Å². The molecular formula is C16H16ClFN2O4.